The van der Waals surface area contributed by atoms with Crippen molar-refractivity contribution < 1.29 is 9.53 Å². The van der Waals surface area contributed by atoms with Gasteiger partial charge < -0.3 is 9.64 Å². The predicted molar refractivity (Wildman–Crippen MR) is 69.5 cm³/mol. The molecule has 1 heterocycles. The van der Waals surface area contributed by atoms with Crippen molar-refractivity contribution in [2.75, 3.05) is 23.9 Å². The molecule has 0 aromatic heterocycles. The number of benzene rings is 1. The van der Waals surface area contributed by atoms with Gasteiger partial charge in [-0.3, -0.25) is 4.79 Å². The van der Waals surface area contributed by atoms with Crippen LogP contribution in [0.2, 0.25) is 0 Å². The lowest BCUT2D eigenvalue weighted by Crippen LogP contribution is -2.38. The first-order chi connectivity index (χ1) is 8.15. The highest BCUT2D eigenvalue weighted by molar-refractivity contribution is 6.30. The maximum absolute atomic E-state index is 11.6. The van der Waals surface area contributed by atoms with E-state index in [0.717, 1.165) is 24.5 Å². The lowest BCUT2D eigenvalue weighted by Gasteiger charge is -2.34. The Balaban J connectivity index is 2.39. The predicted octanol–water partition coefficient (Wildman–Crippen LogP) is 2.72. The summed E-state index contributed by atoms with van der Waals surface area (Å²) < 4.78 is 5.75. The molecule has 0 aliphatic carbocycles. The van der Waals surface area contributed by atoms with Gasteiger partial charge in [-0.25, -0.2) is 0 Å². The van der Waals surface area contributed by atoms with Crippen molar-refractivity contribution in [3.05, 3.63) is 23.8 Å². The van der Waals surface area contributed by atoms with Gasteiger partial charge in [0, 0.05) is 12.1 Å². The Kier molecular flexibility index (Phi) is 3.57. The van der Waals surface area contributed by atoms with E-state index in [0.29, 0.717) is 5.56 Å². The summed E-state index contributed by atoms with van der Waals surface area (Å²) in [5.74, 6) is 0.809. The summed E-state index contributed by atoms with van der Waals surface area (Å²) in [6.45, 7) is 5.89. The van der Waals surface area contributed by atoms with Gasteiger partial charge in [0.25, 0.3) is 0 Å². The van der Waals surface area contributed by atoms with E-state index >= 15 is 0 Å². The lowest BCUT2D eigenvalue weighted by atomic mass is 10.1. The zero-order valence-electron chi connectivity index (χ0n) is 10.1. The van der Waals surface area contributed by atoms with E-state index in [2.05, 4.69) is 11.8 Å². The standard InChI is InChI=1S/C13H16ClNO2/c1-3-15-8-9(2)17-13-5-4-10(6-11(13)15)12(16)7-14/h4-6,9H,3,7-8H2,1-2H3. The van der Waals surface area contributed by atoms with Crippen LogP contribution in [-0.4, -0.2) is 30.9 Å². The number of ketones is 1. The number of carbonyl (C=O) groups is 1. The fraction of sp³-hybridized carbons (Fsp3) is 0.462. The fourth-order valence-electron chi connectivity index (χ4n) is 2.08. The van der Waals surface area contributed by atoms with E-state index < -0.39 is 0 Å². The van der Waals surface area contributed by atoms with Crippen LogP contribution in [0.15, 0.2) is 18.2 Å². The molecule has 0 N–H and O–H groups in total. The summed E-state index contributed by atoms with van der Waals surface area (Å²) in [5, 5.41) is 0. The molecule has 3 nitrogen and oxygen atoms in total. The molecule has 17 heavy (non-hydrogen) atoms. The minimum atomic E-state index is -0.0517. The van der Waals surface area contributed by atoms with Crippen LogP contribution in [0.3, 0.4) is 0 Å². The van der Waals surface area contributed by atoms with E-state index in [1.165, 1.54) is 0 Å². The second-order valence-electron chi connectivity index (χ2n) is 4.21. The molecule has 1 atom stereocenters. The second kappa shape index (κ2) is 4.96. The Bertz CT molecular complexity index is 433. The number of nitrogens with zero attached hydrogens (tertiary/aromatic N) is 1. The van der Waals surface area contributed by atoms with Gasteiger partial charge >= 0.3 is 0 Å². The quantitative estimate of drug-likeness (QED) is 0.613. The highest BCUT2D eigenvalue weighted by Crippen LogP contribution is 2.34. The summed E-state index contributed by atoms with van der Waals surface area (Å²) in [5.41, 5.74) is 1.64. The molecule has 1 unspecified atom stereocenters. The van der Waals surface area contributed by atoms with Crippen molar-refractivity contribution in [2.45, 2.75) is 20.0 Å². The van der Waals surface area contributed by atoms with Gasteiger partial charge in [-0.05, 0) is 32.0 Å². The number of Topliss-reactive ketones (excluding diaryl/α,β-unsaturated/α-hetero) is 1. The molecule has 0 saturated carbocycles. The number of carbonyl (C=O) groups excluding carboxylic acids is 1. The highest BCUT2D eigenvalue weighted by Gasteiger charge is 2.22. The smallest absolute Gasteiger partial charge is 0.177 e. The third kappa shape index (κ3) is 2.39. The topological polar surface area (TPSA) is 29.5 Å². The lowest BCUT2D eigenvalue weighted by molar-refractivity contribution is 0.102. The largest absolute Gasteiger partial charge is 0.487 e. The van der Waals surface area contributed by atoms with Crippen LogP contribution in [0.5, 0.6) is 5.75 Å². The number of hydrogen-bond donors (Lipinski definition) is 0. The molecule has 1 aliphatic heterocycles. The normalized spacial score (nSPS) is 18.5. The Labute approximate surface area is 106 Å². The summed E-state index contributed by atoms with van der Waals surface area (Å²) >= 11 is 5.57. The third-order valence-corrected chi connectivity index (χ3v) is 3.17. The molecule has 0 bridgehead atoms. The van der Waals surface area contributed by atoms with Crippen molar-refractivity contribution in [3.8, 4) is 5.75 Å². The van der Waals surface area contributed by atoms with Crippen molar-refractivity contribution in [3.63, 3.8) is 0 Å². The van der Waals surface area contributed by atoms with Crippen molar-refractivity contribution in [2.24, 2.45) is 0 Å². The van der Waals surface area contributed by atoms with Gasteiger partial charge in [-0.2, -0.15) is 0 Å². The van der Waals surface area contributed by atoms with Gasteiger partial charge in [-0.15, -0.1) is 11.6 Å². The molecule has 0 spiro atoms. The number of anilines is 1. The maximum Gasteiger partial charge on any atom is 0.177 e. The van der Waals surface area contributed by atoms with Crippen LogP contribution >= 0.6 is 11.6 Å². The number of alkyl halides is 1. The van der Waals surface area contributed by atoms with Crippen LogP contribution < -0.4 is 9.64 Å². The summed E-state index contributed by atoms with van der Waals surface area (Å²) in [6, 6.07) is 5.50. The zero-order chi connectivity index (χ0) is 12.4. The number of hydrogen-bond acceptors (Lipinski definition) is 3. The second-order valence-corrected chi connectivity index (χ2v) is 4.47. The van der Waals surface area contributed by atoms with Crippen molar-refractivity contribution in [1.82, 2.24) is 0 Å². The highest BCUT2D eigenvalue weighted by atomic mass is 35.5. The summed E-state index contributed by atoms with van der Waals surface area (Å²) in [4.78, 5) is 13.8. The van der Waals surface area contributed by atoms with E-state index in [1.54, 1.807) is 6.07 Å². The molecule has 0 saturated heterocycles. The minimum Gasteiger partial charge on any atom is -0.487 e. The Morgan fingerprint density at radius 2 is 2.35 bits per heavy atom. The van der Waals surface area contributed by atoms with Crippen LogP contribution in [0.4, 0.5) is 5.69 Å². The van der Waals surface area contributed by atoms with Gasteiger partial charge in [0.1, 0.15) is 11.9 Å². The summed E-state index contributed by atoms with van der Waals surface area (Å²) in [6.07, 6.45) is 0.178. The molecule has 2 rings (SSSR count). The minimum absolute atomic E-state index is 0.0160. The van der Waals surface area contributed by atoms with E-state index in [4.69, 9.17) is 16.3 Å². The molecule has 0 amide bonds. The molecule has 0 radical (unpaired) electrons. The zero-order valence-corrected chi connectivity index (χ0v) is 10.8. The van der Waals surface area contributed by atoms with E-state index in [1.807, 2.05) is 19.1 Å². The van der Waals surface area contributed by atoms with Gasteiger partial charge in [0.05, 0.1) is 18.1 Å². The van der Waals surface area contributed by atoms with Gasteiger partial charge in [0.2, 0.25) is 0 Å². The fourth-order valence-corrected chi connectivity index (χ4v) is 2.23. The van der Waals surface area contributed by atoms with Crippen LogP contribution in [0, 0.1) is 0 Å². The number of likely N-dealkylation sites (N-methyl/N-ethyl adjacent to an activating group) is 1. The molecule has 4 heteroatoms. The Morgan fingerprint density at radius 3 is 3.00 bits per heavy atom. The van der Waals surface area contributed by atoms with Crippen LogP contribution in [0.25, 0.3) is 0 Å². The van der Waals surface area contributed by atoms with Gasteiger partial charge in [-0.1, -0.05) is 0 Å². The van der Waals surface area contributed by atoms with Crippen LogP contribution in [0.1, 0.15) is 24.2 Å². The number of halogens is 1. The Hall–Kier alpha value is -1.22. The van der Waals surface area contributed by atoms with Crippen molar-refractivity contribution in [1.29, 1.82) is 0 Å². The first-order valence-corrected chi connectivity index (χ1v) is 6.34. The van der Waals surface area contributed by atoms with Crippen LogP contribution in [-0.2, 0) is 0 Å². The molecule has 1 aliphatic rings. The molecule has 1 aromatic rings. The number of fused-ring (bicyclic) bond motifs is 1. The first-order valence-electron chi connectivity index (χ1n) is 5.80. The molecule has 92 valence electrons. The van der Waals surface area contributed by atoms with E-state index in [9.17, 15) is 4.79 Å². The third-order valence-electron chi connectivity index (χ3n) is 2.93. The monoisotopic (exact) mass is 253 g/mol. The maximum atomic E-state index is 11.6. The number of ether oxygens (including phenoxy) is 1. The molecule has 0 fully saturated rings. The molecular weight excluding hydrogens is 238 g/mol. The SMILES string of the molecule is CCN1CC(C)Oc2ccc(C(=O)CCl)cc21. The average Bonchev–Trinajstić information content (AvgIpc) is 2.36. The average molecular weight is 254 g/mol. The molecular formula is C13H16ClNO2. The summed E-state index contributed by atoms with van der Waals surface area (Å²) in [7, 11) is 0. The Morgan fingerprint density at radius 1 is 1.59 bits per heavy atom. The van der Waals surface area contributed by atoms with Gasteiger partial charge in [0.15, 0.2) is 5.78 Å². The number of rotatable bonds is 3. The molecule has 1 aromatic carbocycles. The van der Waals surface area contributed by atoms with Crippen molar-refractivity contribution >= 4 is 23.1 Å². The van der Waals surface area contributed by atoms with E-state index in [-0.39, 0.29) is 17.8 Å². The first kappa shape index (κ1) is 12.2.